The van der Waals surface area contributed by atoms with E-state index in [2.05, 4.69) is 5.16 Å². The lowest BCUT2D eigenvalue weighted by Crippen LogP contribution is -2.05. The second-order valence-electron chi connectivity index (χ2n) is 5.21. The summed E-state index contributed by atoms with van der Waals surface area (Å²) >= 11 is 0. The molecule has 4 nitrogen and oxygen atoms in total. The normalized spacial score (nSPS) is 14.5. The molecule has 3 rings (SSSR count). The number of rotatable bonds is 5. The van der Waals surface area contributed by atoms with Crippen LogP contribution in [-0.2, 0) is 16.0 Å². The minimum atomic E-state index is -0.244. The van der Waals surface area contributed by atoms with Crippen LogP contribution in [0, 0.1) is 0 Å². The third-order valence-corrected chi connectivity index (χ3v) is 3.59. The van der Waals surface area contributed by atoms with E-state index in [1.165, 1.54) is 20.0 Å². The Hall–Kier alpha value is -2.36. The fraction of sp³-hybridized carbons (Fsp3) is 0.294. The van der Waals surface area contributed by atoms with E-state index >= 15 is 0 Å². The molecule has 1 heterocycles. The monoisotopic (exact) mass is 283 g/mol. The van der Waals surface area contributed by atoms with Gasteiger partial charge in [0.15, 0.2) is 5.76 Å². The number of carbonyl (C=O) groups is 1. The fourth-order valence-electron chi connectivity index (χ4n) is 2.21. The molecule has 2 aromatic rings. The van der Waals surface area contributed by atoms with Crippen molar-refractivity contribution >= 4 is 18.1 Å². The van der Waals surface area contributed by atoms with Crippen LogP contribution in [0.15, 0.2) is 34.9 Å². The second-order valence-corrected chi connectivity index (χ2v) is 5.21. The van der Waals surface area contributed by atoms with Gasteiger partial charge < -0.3 is 9.26 Å². The highest BCUT2D eigenvalue weighted by Gasteiger charge is 2.26. The third-order valence-electron chi connectivity index (χ3n) is 3.59. The number of hydrogen-bond donors (Lipinski definition) is 0. The van der Waals surface area contributed by atoms with E-state index in [-0.39, 0.29) is 12.4 Å². The van der Waals surface area contributed by atoms with Crippen LogP contribution in [0.4, 0.5) is 0 Å². The molecule has 0 spiro atoms. The molecule has 0 bridgehead atoms. The molecule has 1 saturated carbocycles. The molecular weight excluding hydrogens is 266 g/mol. The largest absolute Gasteiger partial charge is 0.469 e. The highest BCUT2D eigenvalue weighted by molar-refractivity contribution is 5.76. The van der Waals surface area contributed by atoms with Gasteiger partial charge in [0.05, 0.1) is 19.2 Å². The Kier molecular flexibility index (Phi) is 3.86. The molecule has 0 aliphatic heterocycles. The molecule has 108 valence electrons. The first kappa shape index (κ1) is 13.6. The molecule has 0 unspecified atom stereocenters. The average Bonchev–Trinajstić information content (AvgIpc) is 3.25. The predicted molar refractivity (Wildman–Crippen MR) is 79.6 cm³/mol. The van der Waals surface area contributed by atoms with Crippen LogP contribution < -0.4 is 0 Å². The smallest absolute Gasteiger partial charge is 0.309 e. The van der Waals surface area contributed by atoms with E-state index in [1.54, 1.807) is 0 Å². The number of carbonyl (C=O) groups excluding carboxylic acids is 1. The first-order chi connectivity index (χ1) is 10.3. The highest BCUT2D eigenvalue weighted by atomic mass is 16.5. The van der Waals surface area contributed by atoms with Gasteiger partial charge in [0.2, 0.25) is 0 Å². The zero-order valence-electron chi connectivity index (χ0n) is 11.9. The molecule has 4 heteroatoms. The van der Waals surface area contributed by atoms with Gasteiger partial charge in [-0.3, -0.25) is 4.79 Å². The van der Waals surface area contributed by atoms with E-state index in [0.29, 0.717) is 5.92 Å². The van der Waals surface area contributed by atoms with E-state index in [4.69, 9.17) is 9.26 Å². The van der Waals surface area contributed by atoms with Crippen molar-refractivity contribution in [3.05, 3.63) is 52.9 Å². The lowest BCUT2D eigenvalue weighted by Gasteiger charge is -2.04. The second kappa shape index (κ2) is 5.95. The van der Waals surface area contributed by atoms with E-state index in [1.807, 2.05) is 42.5 Å². The molecule has 0 atom stereocenters. The summed E-state index contributed by atoms with van der Waals surface area (Å²) in [5.41, 5.74) is 2.95. The summed E-state index contributed by atoms with van der Waals surface area (Å²) in [6.45, 7) is 0. The van der Waals surface area contributed by atoms with Gasteiger partial charge in [0, 0.05) is 12.0 Å². The van der Waals surface area contributed by atoms with Crippen LogP contribution in [-0.4, -0.2) is 18.2 Å². The van der Waals surface area contributed by atoms with Crippen LogP contribution in [0.3, 0.4) is 0 Å². The molecule has 1 aromatic carbocycles. The van der Waals surface area contributed by atoms with Crippen molar-refractivity contribution in [3.63, 3.8) is 0 Å². The number of aromatic nitrogens is 1. The van der Waals surface area contributed by atoms with Gasteiger partial charge in [0.25, 0.3) is 0 Å². The van der Waals surface area contributed by atoms with Gasteiger partial charge in [0.1, 0.15) is 0 Å². The summed E-state index contributed by atoms with van der Waals surface area (Å²) in [4.78, 5) is 11.4. The predicted octanol–water partition coefficient (Wildman–Crippen LogP) is 3.44. The maximum atomic E-state index is 11.4. The molecule has 0 N–H and O–H groups in total. The van der Waals surface area contributed by atoms with Crippen molar-refractivity contribution in [2.45, 2.75) is 25.2 Å². The molecule has 0 saturated heterocycles. The quantitative estimate of drug-likeness (QED) is 0.789. The third kappa shape index (κ3) is 3.40. The standard InChI is InChI=1S/C17H17NO3/c1-20-17(19)10-14-5-3-2-4-12(14)8-9-15-11-16(18-21-15)13-6-7-13/h2-5,8-9,11,13H,6-7,10H2,1H3. The minimum absolute atomic E-state index is 0.244. The molecular formula is C17H17NO3. The van der Waals surface area contributed by atoms with E-state index in [0.717, 1.165) is 22.6 Å². The van der Waals surface area contributed by atoms with Crippen LogP contribution in [0.5, 0.6) is 0 Å². The topological polar surface area (TPSA) is 52.3 Å². The first-order valence-electron chi connectivity index (χ1n) is 7.05. The van der Waals surface area contributed by atoms with Gasteiger partial charge in [-0.2, -0.15) is 0 Å². The van der Waals surface area contributed by atoms with E-state index < -0.39 is 0 Å². The van der Waals surface area contributed by atoms with Crippen molar-refractivity contribution < 1.29 is 14.1 Å². The molecule has 21 heavy (non-hydrogen) atoms. The number of nitrogens with zero attached hydrogens (tertiary/aromatic N) is 1. The SMILES string of the molecule is COC(=O)Cc1ccccc1C=Cc1cc(C2CC2)no1. The van der Waals surface area contributed by atoms with Crippen LogP contribution in [0.25, 0.3) is 12.2 Å². The van der Waals surface area contributed by atoms with Gasteiger partial charge in [-0.25, -0.2) is 0 Å². The minimum Gasteiger partial charge on any atom is -0.469 e. The lowest BCUT2D eigenvalue weighted by molar-refractivity contribution is -0.139. The van der Waals surface area contributed by atoms with Crippen molar-refractivity contribution in [1.29, 1.82) is 0 Å². The molecule has 0 amide bonds. The Labute approximate surface area is 123 Å². The summed E-state index contributed by atoms with van der Waals surface area (Å²) in [5, 5.41) is 4.07. The number of benzene rings is 1. The Morgan fingerprint density at radius 3 is 2.95 bits per heavy atom. The molecule has 1 fully saturated rings. The maximum absolute atomic E-state index is 11.4. The Morgan fingerprint density at radius 1 is 1.38 bits per heavy atom. The van der Waals surface area contributed by atoms with Crippen molar-refractivity contribution in [1.82, 2.24) is 5.16 Å². The summed E-state index contributed by atoms with van der Waals surface area (Å²) in [5.74, 6) is 1.08. The van der Waals surface area contributed by atoms with Gasteiger partial charge in [-0.05, 0) is 30.0 Å². The molecule has 1 aromatic heterocycles. The van der Waals surface area contributed by atoms with Gasteiger partial charge in [-0.1, -0.05) is 35.5 Å². The highest BCUT2D eigenvalue weighted by Crippen LogP contribution is 2.39. The average molecular weight is 283 g/mol. The molecule has 1 aliphatic rings. The van der Waals surface area contributed by atoms with Crippen molar-refractivity contribution in [2.24, 2.45) is 0 Å². The maximum Gasteiger partial charge on any atom is 0.309 e. The molecule has 1 aliphatic carbocycles. The number of ether oxygens (including phenoxy) is 1. The van der Waals surface area contributed by atoms with E-state index in [9.17, 15) is 4.79 Å². The Bertz CT molecular complexity index is 668. The summed E-state index contributed by atoms with van der Waals surface area (Å²) in [6.07, 6.45) is 6.50. The van der Waals surface area contributed by atoms with Crippen LogP contribution >= 0.6 is 0 Å². The van der Waals surface area contributed by atoms with Gasteiger partial charge >= 0.3 is 5.97 Å². The summed E-state index contributed by atoms with van der Waals surface area (Å²) < 4.78 is 10.0. The fourth-order valence-corrected chi connectivity index (χ4v) is 2.21. The van der Waals surface area contributed by atoms with Crippen molar-refractivity contribution in [2.75, 3.05) is 7.11 Å². The lowest BCUT2D eigenvalue weighted by atomic mass is 10.0. The zero-order chi connectivity index (χ0) is 14.7. The zero-order valence-corrected chi connectivity index (χ0v) is 11.9. The number of hydrogen-bond acceptors (Lipinski definition) is 4. The molecule has 0 radical (unpaired) electrons. The van der Waals surface area contributed by atoms with Crippen molar-refractivity contribution in [3.8, 4) is 0 Å². The number of methoxy groups -OCH3 is 1. The van der Waals surface area contributed by atoms with Gasteiger partial charge in [-0.15, -0.1) is 0 Å². The Morgan fingerprint density at radius 2 is 2.19 bits per heavy atom. The summed E-state index contributed by atoms with van der Waals surface area (Å²) in [6, 6.07) is 9.72. The van der Waals surface area contributed by atoms with Crippen LogP contribution in [0.2, 0.25) is 0 Å². The number of esters is 1. The van der Waals surface area contributed by atoms with Crippen LogP contribution in [0.1, 0.15) is 41.3 Å². The first-order valence-corrected chi connectivity index (χ1v) is 7.05. The summed E-state index contributed by atoms with van der Waals surface area (Å²) in [7, 11) is 1.40. The Balaban J connectivity index is 1.76.